The molecule has 1 heterocycles. The highest BCUT2D eigenvalue weighted by molar-refractivity contribution is 5.85. The predicted octanol–water partition coefficient (Wildman–Crippen LogP) is -2.76. The maximum atomic E-state index is 11.3. The van der Waals surface area contributed by atoms with Gasteiger partial charge < -0.3 is 36.8 Å². The molecule has 1 amide bonds. The first kappa shape index (κ1) is 17.7. The van der Waals surface area contributed by atoms with E-state index in [9.17, 15) is 14.7 Å². The normalized spacial score (nSPS) is 25.4. The van der Waals surface area contributed by atoms with Crippen molar-refractivity contribution in [2.75, 3.05) is 6.61 Å². The molecule has 10 heteroatoms. The van der Waals surface area contributed by atoms with Crippen molar-refractivity contribution in [1.29, 1.82) is 0 Å². The van der Waals surface area contributed by atoms with Crippen LogP contribution in [0.3, 0.4) is 0 Å². The lowest BCUT2D eigenvalue weighted by atomic mass is 9.94. The van der Waals surface area contributed by atoms with Gasteiger partial charge in [0.25, 0.3) is 0 Å². The molecular formula is C12H20N4O6. The molecule has 1 rings (SSSR count). The van der Waals surface area contributed by atoms with Crippen molar-refractivity contribution in [1.82, 2.24) is 5.32 Å². The van der Waals surface area contributed by atoms with Gasteiger partial charge in [0.15, 0.2) is 5.96 Å². The lowest BCUT2D eigenvalue weighted by Gasteiger charge is -2.35. The minimum Gasteiger partial charge on any atom is -0.481 e. The third kappa shape index (κ3) is 4.90. The van der Waals surface area contributed by atoms with E-state index in [-0.39, 0.29) is 12.4 Å². The second kappa shape index (κ2) is 7.61. The molecule has 0 saturated heterocycles. The van der Waals surface area contributed by atoms with Crippen LogP contribution in [-0.4, -0.2) is 64.1 Å². The van der Waals surface area contributed by atoms with Gasteiger partial charge in [0.05, 0.1) is 24.8 Å². The maximum Gasteiger partial charge on any atom is 0.370 e. The van der Waals surface area contributed by atoms with E-state index in [2.05, 4.69) is 10.3 Å². The molecule has 0 aromatic heterocycles. The first-order valence-electron chi connectivity index (χ1n) is 6.51. The van der Waals surface area contributed by atoms with Gasteiger partial charge >= 0.3 is 5.97 Å². The van der Waals surface area contributed by atoms with E-state index >= 15 is 0 Å². The van der Waals surface area contributed by atoms with E-state index in [0.717, 1.165) is 0 Å². The van der Waals surface area contributed by atoms with Crippen LogP contribution in [0.5, 0.6) is 0 Å². The number of aliphatic imine (C=N–C) groups is 1. The number of aliphatic carboxylic acids is 1. The molecule has 1 aliphatic heterocycles. The van der Waals surface area contributed by atoms with Crippen molar-refractivity contribution < 1.29 is 29.6 Å². The van der Waals surface area contributed by atoms with E-state index in [0.29, 0.717) is 0 Å². The topological polar surface area (TPSA) is 180 Å². The van der Waals surface area contributed by atoms with Crippen molar-refractivity contribution in [3.05, 3.63) is 11.8 Å². The molecule has 124 valence electrons. The van der Waals surface area contributed by atoms with Crippen LogP contribution in [0.25, 0.3) is 0 Å². The van der Waals surface area contributed by atoms with Gasteiger partial charge in [-0.2, -0.15) is 0 Å². The molecule has 0 bridgehead atoms. The summed E-state index contributed by atoms with van der Waals surface area (Å²) in [7, 11) is 0. The molecule has 22 heavy (non-hydrogen) atoms. The third-order valence-electron chi connectivity index (χ3n) is 2.96. The van der Waals surface area contributed by atoms with Crippen LogP contribution in [0.4, 0.5) is 0 Å². The molecule has 1 aliphatic rings. The minimum absolute atomic E-state index is 0.109. The molecular weight excluding hydrogens is 296 g/mol. The summed E-state index contributed by atoms with van der Waals surface area (Å²) < 4.78 is 5.27. The standard InChI is InChI=1S/C12H20N4O6/c1-5(18)15-10-7(16-12(13)14)3-9(11(20)21)22-8(10)2-6(19)4-17/h3,6-8,10,17,19H,2,4H2,1H3,(H,15,18)(H,20,21)(H4,13,14,16). The van der Waals surface area contributed by atoms with Crippen molar-refractivity contribution in [2.24, 2.45) is 16.5 Å². The molecule has 0 aromatic carbocycles. The number of hydrogen-bond acceptors (Lipinski definition) is 6. The molecule has 0 saturated carbocycles. The fourth-order valence-corrected chi connectivity index (χ4v) is 2.12. The lowest BCUT2D eigenvalue weighted by Crippen LogP contribution is -2.54. The number of carboxylic acid groups (broad SMARTS) is 1. The molecule has 0 spiro atoms. The largest absolute Gasteiger partial charge is 0.481 e. The highest BCUT2D eigenvalue weighted by Crippen LogP contribution is 2.24. The number of aliphatic hydroxyl groups is 2. The van der Waals surface area contributed by atoms with Crippen LogP contribution >= 0.6 is 0 Å². The zero-order chi connectivity index (χ0) is 16.9. The molecule has 0 aromatic rings. The Kier molecular flexibility index (Phi) is 6.13. The first-order chi connectivity index (χ1) is 10.2. The zero-order valence-electron chi connectivity index (χ0n) is 12.0. The Bertz CT molecular complexity index is 488. The molecule has 4 unspecified atom stereocenters. The number of hydrogen-bond donors (Lipinski definition) is 6. The van der Waals surface area contributed by atoms with E-state index in [4.69, 9.17) is 26.4 Å². The van der Waals surface area contributed by atoms with Crippen LogP contribution in [0.1, 0.15) is 13.3 Å². The van der Waals surface area contributed by atoms with Crippen LogP contribution in [0, 0.1) is 0 Å². The summed E-state index contributed by atoms with van der Waals surface area (Å²) in [6.45, 7) is 0.730. The number of carboxylic acids is 1. The second-order valence-corrected chi connectivity index (χ2v) is 4.84. The predicted molar refractivity (Wildman–Crippen MR) is 75.5 cm³/mol. The van der Waals surface area contributed by atoms with Gasteiger partial charge in [-0.15, -0.1) is 0 Å². The van der Waals surface area contributed by atoms with Crippen LogP contribution in [0.2, 0.25) is 0 Å². The summed E-state index contributed by atoms with van der Waals surface area (Å²) in [5, 5.41) is 30.1. The van der Waals surface area contributed by atoms with Crippen molar-refractivity contribution in [3.8, 4) is 0 Å². The van der Waals surface area contributed by atoms with Gasteiger partial charge in [-0.05, 0) is 6.08 Å². The van der Waals surface area contributed by atoms with Crippen LogP contribution < -0.4 is 16.8 Å². The Labute approximate surface area is 126 Å². The molecule has 0 fully saturated rings. The van der Waals surface area contributed by atoms with Gasteiger partial charge in [-0.1, -0.05) is 0 Å². The number of nitrogens with one attached hydrogen (secondary N) is 1. The number of carbonyl (C=O) groups is 2. The number of guanidine groups is 1. The number of aliphatic hydroxyl groups excluding tert-OH is 2. The van der Waals surface area contributed by atoms with E-state index < -0.39 is 48.5 Å². The summed E-state index contributed by atoms with van der Waals surface area (Å²) in [6, 6.07) is -1.66. The number of amides is 1. The van der Waals surface area contributed by atoms with Gasteiger partial charge in [0.1, 0.15) is 6.10 Å². The smallest absolute Gasteiger partial charge is 0.370 e. The number of nitrogens with two attached hydrogens (primary N) is 2. The summed E-state index contributed by atoms with van der Waals surface area (Å²) in [4.78, 5) is 26.3. The Morgan fingerprint density at radius 1 is 1.50 bits per heavy atom. The average Bonchev–Trinajstić information content (AvgIpc) is 2.40. The summed E-state index contributed by atoms with van der Waals surface area (Å²) in [5.41, 5.74) is 10.6. The first-order valence-corrected chi connectivity index (χ1v) is 6.51. The molecule has 0 aliphatic carbocycles. The SMILES string of the molecule is CC(=O)NC1C(N=C(N)N)C=C(C(=O)O)OC1CC(O)CO. The molecule has 0 radical (unpaired) electrons. The van der Waals surface area contributed by atoms with E-state index in [1.54, 1.807) is 0 Å². The van der Waals surface area contributed by atoms with Crippen molar-refractivity contribution in [3.63, 3.8) is 0 Å². The summed E-state index contributed by atoms with van der Waals surface area (Å²) in [6.07, 6.45) is -1.00. The highest BCUT2D eigenvalue weighted by atomic mass is 16.5. The monoisotopic (exact) mass is 316 g/mol. The zero-order valence-corrected chi connectivity index (χ0v) is 12.0. The number of carbonyl (C=O) groups excluding carboxylic acids is 1. The summed E-state index contributed by atoms with van der Waals surface area (Å²) in [5.74, 6) is -2.42. The van der Waals surface area contributed by atoms with Crippen LogP contribution in [0.15, 0.2) is 16.8 Å². The number of nitrogens with zero attached hydrogens (tertiary/aromatic N) is 1. The van der Waals surface area contributed by atoms with Crippen molar-refractivity contribution in [2.45, 2.75) is 37.6 Å². The van der Waals surface area contributed by atoms with Gasteiger partial charge in [0.2, 0.25) is 11.7 Å². The fourth-order valence-electron chi connectivity index (χ4n) is 2.12. The molecule has 4 atom stereocenters. The Hall–Kier alpha value is -2.33. The Morgan fingerprint density at radius 2 is 2.14 bits per heavy atom. The number of ether oxygens (including phenoxy) is 1. The molecule has 10 nitrogen and oxygen atoms in total. The molecule has 8 N–H and O–H groups in total. The fraction of sp³-hybridized carbons (Fsp3) is 0.583. The summed E-state index contributed by atoms with van der Waals surface area (Å²) >= 11 is 0. The van der Waals surface area contributed by atoms with Crippen LogP contribution in [-0.2, 0) is 14.3 Å². The quantitative estimate of drug-likeness (QED) is 0.225. The maximum absolute atomic E-state index is 11.3. The van der Waals surface area contributed by atoms with Gasteiger partial charge in [-0.3, -0.25) is 4.79 Å². The second-order valence-electron chi connectivity index (χ2n) is 4.84. The minimum atomic E-state index is -1.33. The third-order valence-corrected chi connectivity index (χ3v) is 2.96. The highest BCUT2D eigenvalue weighted by Gasteiger charge is 2.38. The van der Waals surface area contributed by atoms with E-state index in [1.165, 1.54) is 13.0 Å². The van der Waals surface area contributed by atoms with Gasteiger partial charge in [0, 0.05) is 13.3 Å². The number of rotatable bonds is 6. The lowest BCUT2D eigenvalue weighted by molar-refractivity contribution is -0.139. The average molecular weight is 316 g/mol. The van der Waals surface area contributed by atoms with Crippen molar-refractivity contribution >= 4 is 17.8 Å². The van der Waals surface area contributed by atoms with E-state index in [1.807, 2.05) is 0 Å². The Morgan fingerprint density at radius 3 is 2.59 bits per heavy atom. The van der Waals surface area contributed by atoms with Gasteiger partial charge in [-0.25, -0.2) is 9.79 Å². The Balaban J connectivity index is 3.16.